The molecule has 0 saturated carbocycles. The van der Waals surface area contributed by atoms with E-state index >= 15 is 0 Å². The third kappa shape index (κ3) is 3.69. The van der Waals surface area contributed by atoms with Crippen LogP contribution in [-0.2, 0) is 17.6 Å². The van der Waals surface area contributed by atoms with Crippen LogP contribution in [0.5, 0.6) is 0 Å². The van der Waals surface area contributed by atoms with E-state index in [1.54, 1.807) is 18.3 Å². The highest BCUT2D eigenvalue weighted by molar-refractivity contribution is 6.09. The first-order chi connectivity index (χ1) is 15.6. The predicted molar refractivity (Wildman–Crippen MR) is 129 cm³/mol. The summed E-state index contributed by atoms with van der Waals surface area (Å²) < 4.78 is 0. The molecule has 0 fully saturated rings. The van der Waals surface area contributed by atoms with Crippen molar-refractivity contribution in [1.29, 1.82) is 5.41 Å². The Balaban J connectivity index is 0.000000146. The smallest absolute Gasteiger partial charge is 0.137 e. The van der Waals surface area contributed by atoms with E-state index in [9.17, 15) is 4.79 Å². The van der Waals surface area contributed by atoms with Crippen LogP contribution < -0.4 is 5.73 Å². The van der Waals surface area contributed by atoms with Gasteiger partial charge in [0, 0.05) is 30.0 Å². The molecule has 3 N–H and O–H groups in total. The highest BCUT2D eigenvalue weighted by atomic mass is 16.1. The van der Waals surface area contributed by atoms with Crippen LogP contribution in [0.1, 0.15) is 23.1 Å². The Morgan fingerprint density at radius 3 is 2.56 bits per heavy atom. The van der Waals surface area contributed by atoms with Crippen molar-refractivity contribution in [3.63, 3.8) is 0 Å². The van der Waals surface area contributed by atoms with Gasteiger partial charge >= 0.3 is 0 Å². The largest absolute Gasteiger partial charge is 0.384 e. The molecule has 1 aliphatic carbocycles. The van der Waals surface area contributed by atoms with Gasteiger partial charge in [0.05, 0.1) is 5.52 Å². The third-order valence-electron chi connectivity index (χ3n) is 5.99. The lowest BCUT2D eigenvalue weighted by Gasteiger charge is -2.18. The van der Waals surface area contributed by atoms with Crippen molar-refractivity contribution in [3.05, 3.63) is 95.9 Å². The standard InChI is InChI=1S/C18H14O.C9H8N4/c19-14-7-10-16-13(11-14)6-9-17-15-4-2-1-3-12(15)5-8-18(16)17;10-9(11)6-1-2-7-4-12-5-13-8(7)3-6/h1-6,8-9H,7,10-11H2;1-5H,(H3,10,11). The van der Waals surface area contributed by atoms with Crippen molar-refractivity contribution >= 4 is 44.1 Å². The number of hydrogen-bond donors (Lipinski definition) is 2. The van der Waals surface area contributed by atoms with Crippen LogP contribution >= 0.6 is 0 Å². The number of carbonyl (C=O) groups excluding carboxylic acids is 1. The molecule has 4 aromatic carbocycles. The average Bonchev–Trinajstić information content (AvgIpc) is 2.83. The molecular formula is C27H22N4O. The molecule has 1 heterocycles. The molecule has 6 rings (SSSR count). The molecule has 5 aromatic rings. The van der Waals surface area contributed by atoms with Gasteiger partial charge in [-0.05, 0) is 45.2 Å². The van der Waals surface area contributed by atoms with Crippen LogP contribution in [-0.4, -0.2) is 21.6 Å². The summed E-state index contributed by atoms with van der Waals surface area (Å²) in [6, 6.07) is 22.6. The Morgan fingerprint density at radius 2 is 1.69 bits per heavy atom. The van der Waals surface area contributed by atoms with Gasteiger partial charge in [0.2, 0.25) is 0 Å². The van der Waals surface area contributed by atoms with Crippen LogP contribution in [0.4, 0.5) is 0 Å². The highest BCUT2D eigenvalue weighted by Gasteiger charge is 2.18. The van der Waals surface area contributed by atoms with Crippen LogP contribution in [0, 0.1) is 5.41 Å². The zero-order valence-electron chi connectivity index (χ0n) is 17.5. The number of rotatable bonds is 1. The summed E-state index contributed by atoms with van der Waals surface area (Å²) in [7, 11) is 0. The SMILES string of the molecule is N=C(N)c1ccc2cncnc2c1.O=C1CCc2c(ccc3c2ccc2ccccc23)C1. The lowest BCUT2D eigenvalue weighted by atomic mass is 9.86. The van der Waals surface area contributed by atoms with Gasteiger partial charge in [-0.3, -0.25) is 10.2 Å². The Morgan fingerprint density at radius 1 is 0.875 bits per heavy atom. The molecule has 0 spiro atoms. The molecule has 1 aromatic heterocycles. The number of nitrogens with one attached hydrogen (secondary N) is 1. The first-order valence-corrected chi connectivity index (χ1v) is 10.6. The zero-order valence-corrected chi connectivity index (χ0v) is 17.5. The van der Waals surface area contributed by atoms with Crippen molar-refractivity contribution in [2.75, 3.05) is 0 Å². The van der Waals surface area contributed by atoms with Crippen LogP contribution in [0.2, 0.25) is 0 Å². The van der Waals surface area contributed by atoms with Gasteiger partial charge in [-0.1, -0.05) is 60.7 Å². The molecule has 0 radical (unpaired) electrons. The predicted octanol–water partition coefficient (Wildman–Crippen LogP) is 4.96. The number of Topliss-reactive ketones (excluding diaryl/α,β-unsaturated/α-hetero) is 1. The Labute approximate surface area is 185 Å². The van der Waals surface area contributed by atoms with E-state index in [2.05, 4.69) is 58.5 Å². The lowest BCUT2D eigenvalue weighted by Crippen LogP contribution is -2.13. The second-order valence-corrected chi connectivity index (χ2v) is 8.01. The number of nitrogens with two attached hydrogens (primary N) is 1. The molecule has 0 aliphatic heterocycles. The van der Waals surface area contributed by atoms with Crippen molar-refractivity contribution in [3.8, 4) is 0 Å². The maximum Gasteiger partial charge on any atom is 0.137 e. The molecule has 5 nitrogen and oxygen atoms in total. The molecule has 0 bridgehead atoms. The Hall–Kier alpha value is -4.12. The molecule has 156 valence electrons. The van der Waals surface area contributed by atoms with Gasteiger partial charge in [-0.25, -0.2) is 9.97 Å². The maximum atomic E-state index is 11.6. The molecule has 32 heavy (non-hydrogen) atoms. The van der Waals surface area contributed by atoms with Crippen molar-refractivity contribution in [2.24, 2.45) is 5.73 Å². The number of amidine groups is 1. The molecule has 0 amide bonds. The van der Waals surface area contributed by atoms with E-state index in [4.69, 9.17) is 11.1 Å². The van der Waals surface area contributed by atoms with Gasteiger partial charge in [-0.15, -0.1) is 0 Å². The van der Waals surface area contributed by atoms with Crippen molar-refractivity contribution in [1.82, 2.24) is 9.97 Å². The summed E-state index contributed by atoms with van der Waals surface area (Å²) in [6.07, 6.45) is 5.40. The second-order valence-electron chi connectivity index (χ2n) is 8.01. The molecule has 0 unspecified atom stereocenters. The molecule has 1 aliphatic rings. The number of nitrogen functional groups attached to an aromatic ring is 1. The first-order valence-electron chi connectivity index (χ1n) is 10.6. The topological polar surface area (TPSA) is 92.7 Å². The summed E-state index contributed by atoms with van der Waals surface area (Å²) in [6.45, 7) is 0. The fourth-order valence-electron chi connectivity index (χ4n) is 4.36. The number of aryl methyl sites for hydroxylation is 1. The average molecular weight is 419 g/mol. The van der Waals surface area contributed by atoms with Gasteiger partial charge in [-0.2, -0.15) is 0 Å². The third-order valence-corrected chi connectivity index (χ3v) is 5.99. The quantitative estimate of drug-likeness (QED) is 0.228. The summed E-state index contributed by atoms with van der Waals surface area (Å²) in [5, 5.41) is 13.4. The lowest BCUT2D eigenvalue weighted by molar-refractivity contribution is -0.118. The van der Waals surface area contributed by atoms with E-state index in [0.29, 0.717) is 24.2 Å². The first kappa shape index (κ1) is 19.8. The van der Waals surface area contributed by atoms with Crippen molar-refractivity contribution < 1.29 is 4.79 Å². The number of fused-ring (bicyclic) bond motifs is 6. The minimum atomic E-state index is 0.0560. The number of hydrogen-bond acceptors (Lipinski definition) is 4. The van der Waals surface area contributed by atoms with E-state index in [0.717, 1.165) is 17.3 Å². The Bertz CT molecular complexity index is 1510. The van der Waals surface area contributed by atoms with Gasteiger partial charge < -0.3 is 5.73 Å². The second kappa shape index (κ2) is 8.19. The van der Waals surface area contributed by atoms with E-state index in [1.165, 1.54) is 39.0 Å². The maximum absolute atomic E-state index is 11.6. The normalized spacial score (nSPS) is 12.9. The molecule has 5 heteroatoms. The van der Waals surface area contributed by atoms with Gasteiger partial charge in [0.25, 0.3) is 0 Å². The van der Waals surface area contributed by atoms with Gasteiger partial charge in [0.15, 0.2) is 0 Å². The van der Waals surface area contributed by atoms with Crippen LogP contribution in [0.25, 0.3) is 32.4 Å². The number of carbonyl (C=O) groups is 1. The summed E-state index contributed by atoms with van der Waals surface area (Å²) >= 11 is 0. The highest BCUT2D eigenvalue weighted by Crippen LogP contribution is 2.32. The van der Waals surface area contributed by atoms with E-state index < -0.39 is 0 Å². The van der Waals surface area contributed by atoms with E-state index in [-0.39, 0.29) is 5.84 Å². The fraction of sp³-hybridized carbons (Fsp3) is 0.111. The molecular weight excluding hydrogens is 396 g/mol. The number of ketones is 1. The minimum Gasteiger partial charge on any atom is -0.384 e. The minimum absolute atomic E-state index is 0.0560. The number of benzene rings is 4. The fourth-order valence-corrected chi connectivity index (χ4v) is 4.36. The monoisotopic (exact) mass is 418 g/mol. The van der Waals surface area contributed by atoms with E-state index in [1.807, 2.05) is 6.07 Å². The van der Waals surface area contributed by atoms with Gasteiger partial charge in [0.1, 0.15) is 17.9 Å². The number of aromatic nitrogens is 2. The van der Waals surface area contributed by atoms with Crippen LogP contribution in [0.3, 0.4) is 0 Å². The summed E-state index contributed by atoms with van der Waals surface area (Å²) in [5.74, 6) is 0.424. The Kier molecular flexibility index (Phi) is 5.07. The summed E-state index contributed by atoms with van der Waals surface area (Å²) in [4.78, 5) is 19.5. The molecule has 0 saturated heterocycles. The zero-order chi connectivity index (χ0) is 22.1. The number of nitrogens with zero attached hydrogens (tertiary/aromatic N) is 2. The summed E-state index contributed by atoms with van der Waals surface area (Å²) in [5.41, 5.74) is 9.44. The van der Waals surface area contributed by atoms with Crippen molar-refractivity contribution in [2.45, 2.75) is 19.3 Å². The van der Waals surface area contributed by atoms with Crippen LogP contribution in [0.15, 0.2) is 79.3 Å². The molecule has 0 atom stereocenters.